The first-order valence-corrected chi connectivity index (χ1v) is 12.5. The van der Waals surface area contributed by atoms with Crippen molar-refractivity contribution in [2.75, 3.05) is 45.4 Å². The highest BCUT2D eigenvalue weighted by molar-refractivity contribution is 5.92. The van der Waals surface area contributed by atoms with Gasteiger partial charge in [-0.15, -0.1) is 0 Å². The number of esters is 1. The Morgan fingerprint density at radius 1 is 1.24 bits per heavy atom. The summed E-state index contributed by atoms with van der Waals surface area (Å²) >= 11 is 0. The molecule has 1 aliphatic carbocycles. The topological polar surface area (TPSA) is 77.5 Å². The van der Waals surface area contributed by atoms with Crippen LogP contribution in [0.1, 0.15) is 51.5 Å². The summed E-state index contributed by atoms with van der Waals surface area (Å²) in [6.45, 7) is 6.42. The third-order valence-electron chi connectivity index (χ3n) is 9.28. The molecular formula is C26H34N2O6. The van der Waals surface area contributed by atoms with Gasteiger partial charge in [0.05, 0.1) is 32.6 Å². The molecule has 5 unspecified atom stereocenters. The fourth-order valence-corrected chi connectivity index (χ4v) is 8.19. The van der Waals surface area contributed by atoms with Crippen molar-refractivity contribution in [2.45, 2.75) is 69.5 Å². The Kier molecular flexibility index (Phi) is 4.86. The quantitative estimate of drug-likeness (QED) is 0.608. The Balaban J connectivity index is 1.56. The molecule has 184 valence electrons. The third kappa shape index (κ3) is 2.58. The highest BCUT2D eigenvalue weighted by Gasteiger charge is 2.72. The maximum Gasteiger partial charge on any atom is 0.302 e. The van der Waals surface area contributed by atoms with Gasteiger partial charge in [0.15, 0.2) is 11.5 Å². The molecule has 3 fully saturated rings. The van der Waals surface area contributed by atoms with Crippen LogP contribution in [0.4, 0.5) is 5.69 Å². The summed E-state index contributed by atoms with van der Waals surface area (Å²) in [7, 11) is 3.31. The molecule has 6 rings (SSSR count). The number of rotatable bonds is 5. The number of Topliss-reactive ketones (excluding diaryl/α,β-unsaturated/α-hetero) is 1. The second-order valence-corrected chi connectivity index (χ2v) is 10.6. The monoisotopic (exact) mass is 470 g/mol. The zero-order chi connectivity index (χ0) is 23.8. The van der Waals surface area contributed by atoms with Gasteiger partial charge >= 0.3 is 5.97 Å². The molecule has 4 aliphatic heterocycles. The van der Waals surface area contributed by atoms with Crippen LogP contribution in [-0.2, 0) is 19.7 Å². The summed E-state index contributed by atoms with van der Waals surface area (Å²) in [5.74, 6) is 2.08. The van der Waals surface area contributed by atoms with Crippen molar-refractivity contribution in [1.82, 2.24) is 4.90 Å². The van der Waals surface area contributed by atoms with Crippen LogP contribution in [0.15, 0.2) is 6.07 Å². The SMILES string of the molecule is COc1cc2c3c(c1OC)OCC(C)N3C1CC(=O)C3(CCOC(C)=O)CCCN4CCC21C43. The molecule has 5 atom stereocenters. The van der Waals surface area contributed by atoms with Crippen molar-refractivity contribution in [3.63, 3.8) is 0 Å². The lowest BCUT2D eigenvalue weighted by atomic mass is 9.51. The van der Waals surface area contributed by atoms with E-state index >= 15 is 0 Å². The van der Waals surface area contributed by atoms with Crippen LogP contribution >= 0.6 is 0 Å². The number of fused-ring (bicyclic) bond motifs is 1. The number of carbonyl (C=O) groups is 2. The molecule has 1 saturated carbocycles. The minimum Gasteiger partial charge on any atom is -0.493 e. The van der Waals surface area contributed by atoms with Crippen LogP contribution in [0.25, 0.3) is 0 Å². The van der Waals surface area contributed by atoms with Crippen LogP contribution in [0, 0.1) is 5.41 Å². The number of hydrogen-bond acceptors (Lipinski definition) is 8. The van der Waals surface area contributed by atoms with Gasteiger partial charge in [0.1, 0.15) is 12.4 Å². The average Bonchev–Trinajstić information content (AvgIpc) is 3.35. The lowest BCUT2D eigenvalue weighted by Gasteiger charge is -2.58. The molecule has 2 saturated heterocycles. The summed E-state index contributed by atoms with van der Waals surface area (Å²) in [4.78, 5) is 30.6. The molecule has 1 aromatic rings. The molecule has 1 spiro atoms. The number of benzene rings is 1. The van der Waals surface area contributed by atoms with Gasteiger partial charge in [0.2, 0.25) is 5.75 Å². The third-order valence-corrected chi connectivity index (χ3v) is 9.28. The van der Waals surface area contributed by atoms with Gasteiger partial charge in [-0.3, -0.25) is 14.5 Å². The van der Waals surface area contributed by atoms with Crippen molar-refractivity contribution in [2.24, 2.45) is 5.41 Å². The average molecular weight is 471 g/mol. The molecule has 0 bridgehead atoms. The summed E-state index contributed by atoms with van der Waals surface area (Å²) in [5, 5.41) is 0. The molecule has 1 aromatic carbocycles. The van der Waals surface area contributed by atoms with Gasteiger partial charge < -0.3 is 23.8 Å². The molecule has 34 heavy (non-hydrogen) atoms. The molecule has 0 N–H and O–H groups in total. The Morgan fingerprint density at radius 3 is 2.79 bits per heavy atom. The lowest BCUT2D eigenvalue weighted by molar-refractivity contribution is -0.151. The van der Waals surface area contributed by atoms with Crippen LogP contribution in [0.3, 0.4) is 0 Å². The summed E-state index contributed by atoms with van der Waals surface area (Å²) in [6, 6.07) is 2.47. The molecular weight excluding hydrogens is 436 g/mol. The Bertz CT molecular complexity index is 1060. The highest BCUT2D eigenvalue weighted by atomic mass is 16.5. The molecule has 0 amide bonds. The normalized spacial score (nSPS) is 35.2. The number of ketones is 1. The van der Waals surface area contributed by atoms with Gasteiger partial charge in [-0.25, -0.2) is 0 Å². The van der Waals surface area contributed by atoms with E-state index in [1.807, 2.05) is 0 Å². The summed E-state index contributed by atoms with van der Waals surface area (Å²) in [6.07, 6.45) is 3.94. The van der Waals surface area contributed by atoms with E-state index in [0.29, 0.717) is 43.3 Å². The second kappa shape index (κ2) is 7.51. The summed E-state index contributed by atoms with van der Waals surface area (Å²) < 4.78 is 23.2. The van der Waals surface area contributed by atoms with Crippen LogP contribution in [-0.4, -0.2) is 75.3 Å². The Hall–Kier alpha value is -2.48. The standard InChI is InChI=1S/C26H34N2O6/c1-15-14-34-23-21-17(12-18(31-3)22(23)32-4)26-7-10-27-9-5-6-25(24(26)27,8-11-33-16(2)29)20(30)13-19(26)28(15)21/h12,15,19,24H,5-11,13-14H2,1-4H3. The largest absolute Gasteiger partial charge is 0.493 e. The van der Waals surface area contributed by atoms with Crippen LogP contribution < -0.4 is 19.1 Å². The van der Waals surface area contributed by atoms with E-state index in [1.54, 1.807) is 14.2 Å². The van der Waals surface area contributed by atoms with Crippen molar-refractivity contribution >= 4 is 17.4 Å². The summed E-state index contributed by atoms with van der Waals surface area (Å²) in [5.41, 5.74) is 1.61. The Morgan fingerprint density at radius 2 is 2.06 bits per heavy atom. The van der Waals surface area contributed by atoms with Gasteiger partial charge in [0, 0.05) is 36.3 Å². The van der Waals surface area contributed by atoms with Crippen LogP contribution in [0.5, 0.6) is 17.2 Å². The highest BCUT2D eigenvalue weighted by Crippen LogP contribution is 2.68. The van der Waals surface area contributed by atoms with E-state index in [2.05, 4.69) is 22.8 Å². The Labute approximate surface area is 200 Å². The molecule has 8 heteroatoms. The number of methoxy groups -OCH3 is 2. The minimum absolute atomic E-state index is 0.0792. The molecule has 4 heterocycles. The second-order valence-electron chi connectivity index (χ2n) is 10.6. The predicted octanol–water partition coefficient (Wildman–Crippen LogP) is 2.69. The van der Waals surface area contributed by atoms with E-state index in [1.165, 1.54) is 12.5 Å². The van der Waals surface area contributed by atoms with Crippen molar-refractivity contribution in [3.05, 3.63) is 11.6 Å². The number of ether oxygens (including phenoxy) is 4. The van der Waals surface area contributed by atoms with E-state index in [9.17, 15) is 9.59 Å². The smallest absolute Gasteiger partial charge is 0.302 e. The maximum atomic E-state index is 14.1. The fourth-order valence-electron chi connectivity index (χ4n) is 8.19. The first kappa shape index (κ1) is 22.0. The number of anilines is 1. The fraction of sp³-hybridized carbons (Fsp3) is 0.692. The number of piperidine rings is 1. The van der Waals surface area contributed by atoms with Crippen molar-refractivity contribution < 1.29 is 28.5 Å². The van der Waals surface area contributed by atoms with Crippen LogP contribution in [0.2, 0.25) is 0 Å². The van der Waals surface area contributed by atoms with E-state index in [0.717, 1.165) is 43.8 Å². The van der Waals surface area contributed by atoms with E-state index in [4.69, 9.17) is 18.9 Å². The molecule has 5 aliphatic rings. The van der Waals surface area contributed by atoms with Gasteiger partial charge in [0.25, 0.3) is 0 Å². The number of carbonyl (C=O) groups excluding carboxylic acids is 2. The predicted molar refractivity (Wildman–Crippen MR) is 125 cm³/mol. The lowest BCUT2D eigenvalue weighted by Crippen LogP contribution is -2.69. The minimum atomic E-state index is -0.501. The van der Waals surface area contributed by atoms with Crippen molar-refractivity contribution in [3.8, 4) is 17.2 Å². The zero-order valence-electron chi connectivity index (χ0n) is 20.5. The molecule has 0 aromatic heterocycles. The number of nitrogens with zero attached hydrogens (tertiary/aromatic N) is 2. The van der Waals surface area contributed by atoms with Crippen molar-refractivity contribution in [1.29, 1.82) is 0 Å². The first-order chi connectivity index (χ1) is 16.4. The molecule has 0 radical (unpaired) electrons. The van der Waals surface area contributed by atoms with E-state index < -0.39 is 5.41 Å². The zero-order valence-corrected chi connectivity index (χ0v) is 20.5. The molecule has 8 nitrogen and oxygen atoms in total. The first-order valence-electron chi connectivity index (χ1n) is 12.5. The number of hydrogen-bond donors (Lipinski definition) is 0. The van der Waals surface area contributed by atoms with Gasteiger partial charge in [-0.05, 0) is 57.3 Å². The maximum absolute atomic E-state index is 14.1. The van der Waals surface area contributed by atoms with E-state index in [-0.39, 0.29) is 29.5 Å². The van der Waals surface area contributed by atoms with Gasteiger partial charge in [-0.2, -0.15) is 0 Å². The van der Waals surface area contributed by atoms with Gasteiger partial charge in [-0.1, -0.05) is 0 Å².